The quantitative estimate of drug-likeness (QED) is 0.749. The predicted octanol–water partition coefficient (Wildman–Crippen LogP) is 2.60. The van der Waals surface area contributed by atoms with Crippen LogP contribution in [0, 0.1) is 13.8 Å². The first-order chi connectivity index (χ1) is 7.15. The summed E-state index contributed by atoms with van der Waals surface area (Å²) in [5, 5.41) is 3.44. The second kappa shape index (κ2) is 5.89. The Kier molecular flexibility index (Phi) is 4.79. The van der Waals surface area contributed by atoms with Crippen LogP contribution in [0.2, 0.25) is 0 Å². The fourth-order valence-corrected chi connectivity index (χ4v) is 1.80. The van der Waals surface area contributed by atoms with Gasteiger partial charge in [0.15, 0.2) is 0 Å². The average Bonchev–Trinajstić information content (AvgIpc) is 2.17. The fourth-order valence-electron chi connectivity index (χ4n) is 1.80. The van der Waals surface area contributed by atoms with Crippen molar-refractivity contribution in [2.75, 3.05) is 20.3 Å². The second-order valence-electron chi connectivity index (χ2n) is 4.03. The van der Waals surface area contributed by atoms with Crippen molar-refractivity contribution in [3.63, 3.8) is 0 Å². The number of methoxy groups -OCH3 is 1. The molecule has 1 aromatic carbocycles. The number of benzene rings is 1. The molecule has 2 heteroatoms. The van der Waals surface area contributed by atoms with E-state index in [0.29, 0.717) is 6.04 Å². The van der Waals surface area contributed by atoms with Crippen molar-refractivity contribution >= 4 is 0 Å². The summed E-state index contributed by atoms with van der Waals surface area (Å²) in [5.41, 5.74) is 4.05. The molecule has 0 aliphatic heterocycles. The topological polar surface area (TPSA) is 21.3 Å². The van der Waals surface area contributed by atoms with Gasteiger partial charge in [-0.15, -0.1) is 0 Å². The molecule has 1 atom stereocenters. The molecular weight excluding hydrogens is 186 g/mol. The Hall–Kier alpha value is -0.860. The SMILES string of the molecule is COCCNC(C)c1ccc(C)cc1C. The summed E-state index contributed by atoms with van der Waals surface area (Å²) in [6, 6.07) is 6.98. The molecule has 0 heterocycles. The van der Waals surface area contributed by atoms with Gasteiger partial charge in [0, 0.05) is 19.7 Å². The number of rotatable bonds is 5. The lowest BCUT2D eigenvalue weighted by molar-refractivity contribution is 0.196. The Balaban J connectivity index is 2.61. The van der Waals surface area contributed by atoms with Crippen LogP contribution in [-0.4, -0.2) is 20.3 Å². The van der Waals surface area contributed by atoms with E-state index in [1.807, 2.05) is 0 Å². The van der Waals surface area contributed by atoms with E-state index >= 15 is 0 Å². The minimum atomic E-state index is 0.390. The van der Waals surface area contributed by atoms with Gasteiger partial charge in [0.05, 0.1) is 6.61 Å². The van der Waals surface area contributed by atoms with E-state index in [1.165, 1.54) is 16.7 Å². The Morgan fingerprint density at radius 1 is 1.33 bits per heavy atom. The van der Waals surface area contributed by atoms with Crippen molar-refractivity contribution in [2.45, 2.75) is 26.8 Å². The van der Waals surface area contributed by atoms with Gasteiger partial charge < -0.3 is 10.1 Å². The first-order valence-corrected chi connectivity index (χ1v) is 5.44. The molecule has 1 N–H and O–H groups in total. The van der Waals surface area contributed by atoms with Crippen LogP contribution in [0.15, 0.2) is 18.2 Å². The summed E-state index contributed by atoms with van der Waals surface area (Å²) in [6.07, 6.45) is 0. The Morgan fingerprint density at radius 2 is 2.07 bits per heavy atom. The maximum atomic E-state index is 5.01. The van der Waals surface area contributed by atoms with E-state index in [-0.39, 0.29) is 0 Å². The van der Waals surface area contributed by atoms with Crippen molar-refractivity contribution in [1.82, 2.24) is 5.32 Å². The zero-order chi connectivity index (χ0) is 11.3. The van der Waals surface area contributed by atoms with E-state index in [9.17, 15) is 0 Å². The highest BCUT2D eigenvalue weighted by Crippen LogP contribution is 2.18. The maximum absolute atomic E-state index is 5.01. The normalized spacial score (nSPS) is 12.8. The summed E-state index contributed by atoms with van der Waals surface area (Å²) in [7, 11) is 1.73. The lowest BCUT2D eigenvalue weighted by atomic mass is 10.0. The van der Waals surface area contributed by atoms with Crippen LogP contribution < -0.4 is 5.32 Å². The number of ether oxygens (including phenoxy) is 1. The van der Waals surface area contributed by atoms with Crippen LogP contribution in [0.25, 0.3) is 0 Å². The van der Waals surface area contributed by atoms with Gasteiger partial charge in [-0.3, -0.25) is 0 Å². The summed E-state index contributed by atoms with van der Waals surface area (Å²) in [5.74, 6) is 0. The molecule has 0 aliphatic rings. The van der Waals surface area contributed by atoms with E-state index in [4.69, 9.17) is 4.74 Å². The number of hydrogen-bond donors (Lipinski definition) is 1. The van der Waals surface area contributed by atoms with Gasteiger partial charge in [-0.2, -0.15) is 0 Å². The molecule has 0 saturated heterocycles. The molecule has 15 heavy (non-hydrogen) atoms. The van der Waals surface area contributed by atoms with Crippen molar-refractivity contribution in [1.29, 1.82) is 0 Å². The standard InChI is InChI=1S/C13H21NO/c1-10-5-6-13(11(2)9-10)12(3)14-7-8-15-4/h5-6,9,12,14H,7-8H2,1-4H3. The third-order valence-electron chi connectivity index (χ3n) is 2.65. The average molecular weight is 207 g/mol. The summed E-state index contributed by atoms with van der Waals surface area (Å²) >= 11 is 0. The molecule has 0 fully saturated rings. The molecule has 1 aromatic rings. The lowest BCUT2D eigenvalue weighted by Gasteiger charge is -2.16. The molecule has 2 nitrogen and oxygen atoms in total. The highest BCUT2D eigenvalue weighted by molar-refractivity contribution is 5.32. The van der Waals surface area contributed by atoms with E-state index in [1.54, 1.807) is 7.11 Å². The molecule has 0 aromatic heterocycles. The van der Waals surface area contributed by atoms with Crippen molar-refractivity contribution in [2.24, 2.45) is 0 Å². The van der Waals surface area contributed by atoms with Gasteiger partial charge in [-0.05, 0) is 31.9 Å². The van der Waals surface area contributed by atoms with Crippen LogP contribution in [0.4, 0.5) is 0 Å². The largest absolute Gasteiger partial charge is 0.383 e. The van der Waals surface area contributed by atoms with Gasteiger partial charge in [0.25, 0.3) is 0 Å². The molecule has 0 spiro atoms. The van der Waals surface area contributed by atoms with Crippen LogP contribution in [0.5, 0.6) is 0 Å². The summed E-state index contributed by atoms with van der Waals surface area (Å²) < 4.78 is 5.01. The summed E-state index contributed by atoms with van der Waals surface area (Å²) in [4.78, 5) is 0. The van der Waals surface area contributed by atoms with E-state index in [0.717, 1.165) is 13.2 Å². The third-order valence-corrected chi connectivity index (χ3v) is 2.65. The molecule has 0 bridgehead atoms. The molecular formula is C13H21NO. The monoisotopic (exact) mass is 207 g/mol. The van der Waals surface area contributed by atoms with Crippen LogP contribution in [0.3, 0.4) is 0 Å². The van der Waals surface area contributed by atoms with Gasteiger partial charge in [0.1, 0.15) is 0 Å². The molecule has 1 unspecified atom stereocenters. The number of nitrogens with one attached hydrogen (secondary N) is 1. The Labute approximate surface area is 92.6 Å². The zero-order valence-corrected chi connectivity index (χ0v) is 10.1. The van der Waals surface area contributed by atoms with Gasteiger partial charge in [0.2, 0.25) is 0 Å². The van der Waals surface area contributed by atoms with Crippen molar-refractivity contribution in [3.8, 4) is 0 Å². The summed E-state index contributed by atoms with van der Waals surface area (Å²) in [6.45, 7) is 8.13. The number of aryl methyl sites for hydroxylation is 2. The van der Waals surface area contributed by atoms with E-state index < -0.39 is 0 Å². The number of hydrogen-bond acceptors (Lipinski definition) is 2. The highest BCUT2D eigenvalue weighted by atomic mass is 16.5. The Bertz CT molecular complexity index is 309. The second-order valence-corrected chi connectivity index (χ2v) is 4.03. The zero-order valence-electron chi connectivity index (χ0n) is 10.1. The van der Waals surface area contributed by atoms with Crippen LogP contribution in [0.1, 0.15) is 29.7 Å². The highest BCUT2D eigenvalue weighted by Gasteiger charge is 2.06. The molecule has 0 amide bonds. The lowest BCUT2D eigenvalue weighted by Crippen LogP contribution is -2.23. The van der Waals surface area contributed by atoms with Gasteiger partial charge in [-0.25, -0.2) is 0 Å². The van der Waals surface area contributed by atoms with E-state index in [2.05, 4.69) is 44.3 Å². The molecule has 0 saturated carbocycles. The molecule has 0 radical (unpaired) electrons. The minimum Gasteiger partial charge on any atom is -0.383 e. The maximum Gasteiger partial charge on any atom is 0.0587 e. The smallest absolute Gasteiger partial charge is 0.0587 e. The van der Waals surface area contributed by atoms with Gasteiger partial charge in [-0.1, -0.05) is 23.8 Å². The van der Waals surface area contributed by atoms with Crippen LogP contribution in [-0.2, 0) is 4.74 Å². The fraction of sp³-hybridized carbons (Fsp3) is 0.538. The first kappa shape index (κ1) is 12.2. The Morgan fingerprint density at radius 3 is 2.67 bits per heavy atom. The molecule has 0 aliphatic carbocycles. The van der Waals surface area contributed by atoms with Crippen molar-refractivity contribution < 1.29 is 4.74 Å². The van der Waals surface area contributed by atoms with Crippen molar-refractivity contribution in [3.05, 3.63) is 34.9 Å². The molecule has 1 rings (SSSR count). The molecule has 84 valence electrons. The van der Waals surface area contributed by atoms with Crippen LogP contribution >= 0.6 is 0 Å². The third kappa shape index (κ3) is 3.65. The predicted molar refractivity (Wildman–Crippen MR) is 64.2 cm³/mol. The first-order valence-electron chi connectivity index (χ1n) is 5.44. The minimum absolute atomic E-state index is 0.390. The van der Waals surface area contributed by atoms with Gasteiger partial charge >= 0.3 is 0 Å².